The van der Waals surface area contributed by atoms with Crippen LogP contribution in [0, 0.1) is 10.7 Å². The number of aromatic amines is 2. The third kappa shape index (κ3) is 3.76. The van der Waals surface area contributed by atoms with Gasteiger partial charge < -0.3 is 4.98 Å². The van der Waals surface area contributed by atoms with Crippen LogP contribution in [0.25, 0.3) is 0 Å². The SMILES string of the molecule is CC1CCC(c2[nH]c(=S)[nH]c(=O)c2Cc2c(Cl)cccc2Cl)CC1. The van der Waals surface area contributed by atoms with Crippen molar-refractivity contribution in [3.8, 4) is 0 Å². The third-order valence-electron chi connectivity index (χ3n) is 4.91. The van der Waals surface area contributed by atoms with E-state index in [1.165, 1.54) is 12.8 Å². The lowest BCUT2D eigenvalue weighted by Gasteiger charge is -2.27. The van der Waals surface area contributed by atoms with Gasteiger partial charge in [-0.3, -0.25) is 9.78 Å². The molecule has 1 aliphatic carbocycles. The number of aromatic nitrogens is 2. The van der Waals surface area contributed by atoms with E-state index in [4.69, 9.17) is 35.4 Å². The molecule has 0 atom stereocenters. The highest BCUT2D eigenvalue weighted by Gasteiger charge is 2.24. The number of hydrogen-bond acceptors (Lipinski definition) is 2. The molecule has 1 aliphatic rings. The molecule has 0 saturated heterocycles. The van der Waals surface area contributed by atoms with Crippen LogP contribution >= 0.6 is 35.4 Å². The number of hydrogen-bond donors (Lipinski definition) is 2. The van der Waals surface area contributed by atoms with Crippen LogP contribution in [0.4, 0.5) is 0 Å². The van der Waals surface area contributed by atoms with Crippen molar-refractivity contribution in [3.05, 3.63) is 60.2 Å². The molecule has 128 valence electrons. The van der Waals surface area contributed by atoms with Crippen LogP contribution in [0.15, 0.2) is 23.0 Å². The standard InChI is InChI=1S/C18H20Cl2N2OS/c1-10-5-7-11(8-6-10)16-13(17(23)22-18(24)21-16)9-12-14(19)3-2-4-15(12)20/h2-4,10-11H,5-9H2,1H3,(H2,21,22,23,24). The fraction of sp³-hybridized carbons (Fsp3) is 0.444. The molecule has 0 bridgehead atoms. The van der Waals surface area contributed by atoms with Gasteiger partial charge in [-0.2, -0.15) is 0 Å². The second kappa shape index (κ2) is 7.42. The Labute approximate surface area is 156 Å². The first-order valence-electron chi connectivity index (χ1n) is 8.24. The first kappa shape index (κ1) is 17.7. The minimum absolute atomic E-state index is 0.150. The zero-order chi connectivity index (χ0) is 17.3. The Bertz CT molecular complexity index is 831. The first-order valence-corrected chi connectivity index (χ1v) is 9.40. The Hall–Kier alpha value is -1.10. The monoisotopic (exact) mass is 382 g/mol. The summed E-state index contributed by atoms with van der Waals surface area (Å²) in [5, 5.41) is 1.15. The minimum Gasteiger partial charge on any atom is -0.335 e. The summed E-state index contributed by atoms with van der Waals surface area (Å²) >= 11 is 17.8. The summed E-state index contributed by atoms with van der Waals surface area (Å²) < 4.78 is 0.377. The lowest BCUT2D eigenvalue weighted by atomic mass is 9.80. The summed E-state index contributed by atoms with van der Waals surface area (Å²) in [6.07, 6.45) is 4.88. The van der Waals surface area contributed by atoms with Gasteiger partial charge in [-0.05, 0) is 54.6 Å². The van der Waals surface area contributed by atoms with Crippen molar-refractivity contribution in [1.29, 1.82) is 0 Å². The molecule has 1 aromatic carbocycles. The Morgan fingerprint density at radius 3 is 2.33 bits per heavy atom. The highest BCUT2D eigenvalue weighted by atomic mass is 35.5. The van der Waals surface area contributed by atoms with Crippen LogP contribution in [0.2, 0.25) is 10.0 Å². The lowest BCUT2D eigenvalue weighted by Crippen LogP contribution is -2.22. The first-order chi connectivity index (χ1) is 11.5. The molecule has 6 heteroatoms. The molecule has 1 saturated carbocycles. The van der Waals surface area contributed by atoms with E-state index in [1.807, 2.05) is 0 Å². The molecule has 0 aliphatic heterocycles. The van der Waals surface area contributed by atoms with E-state index in [0.717, 1.165) is 30.0 Å². The van der Waals surface area contributed by atoms with Gasteiger partial charge in [0.2, 0.25) is 0 Å². The van der Waals surface area contributed by atoms with Crippen LogP contribution in [0.1, 0.15) is 55.3 Å². The van der Waals surface area contributed by atoms with E-state index in [9.17, 15) is 4.79 Å². The normalized spacial score (nSPS) is 21.0. The maximum atomic E-state index is 12.6. The van der Waals surface area contributed by atoms with Gasteiger partial charge in [0.15, 0.2) is 4.77 Å². The second-order valence-electron chi connectivity index (χ2n) is 6.63. The smallest absolute Gasteiger partial charge is 0.255 e. The van der Waals surface area contributed by atoms with Gasteiger partial charge in [0.25, 0.3) is 5.56 Å². The number of nitrogens with one attached hydrogen (secondary N) is 2. The zero-order valence-corrected chi connectivity index (χ0v) is 15.8. The average Bonchev–Trinajstić information content (AvgIpc) is 2.53. The summed E-state index contributed by atoms with van der Waals surface area (Å²) in [5.74, 6) is 1.08. The molecule has 1 fully saturated rings. The van der Waals surface area contributed by atoms with Crippen molar-refractivity contribution >= 4 is 35.4 Å². The predicted molar refractivity (Wildman–Crippen MR) is 102 cm³/mol. The van der Waals surface area contributed by atoms with Crippen LogP contribution in [0.3, 0.4) is 0 Å². The summed E-state index contributed by atoms with van der Waals surface area (Å²) in [6.45, 7) is 2.28. The van der Waals surface area contributed by atoms with E-state index in [2.05, 4.69) is 16.9 Å². The third-order valence-corrected chi connectivity index (χ3v) is 5.83. The Morgan fingerprint density at radius 1 is 1.08 bits per heavy atom. The van der Waals surface area contributed by atoms with E-state index in [-0.39, 0.29) is 5.56 Å². The van der Waals surface area contributed by atoms with Crippen LogP contribution in [-0.4, -0.2) is 9.97 Å². The van der Waals surface area contributed by atoms with Crippen molar-refractivity contribution in [2.24, 2.45) is 5.92 Å². The molecular weight excluding hydrogens is 363 g/mol. The second-order valence-corrected chi connectivity index (χ2v) is 7.86. The van der Waals surface area contributed by atoms with Crippen LogP contribution < -0.4 is 5.56 Å². The van der Waals surface area contributed by atoms with Gasteiger partial charge in [0.1, 0.15) is 0 Å². The Morgan fingerprint density at radius 2 is 1.71 bits per heavy atom. The highest BCUT2D eigenvalue weighted by Crippen LogP contribution is 2.36. The number of rotatable bonds is 3. The lowest BCUT2D eigenvalue weighted by molar-refractivity contribution is 0.342. The summed E-state index contributed by atoms with van der Waals surface area (Å²) in [6, 6.07) is 5.40. The van der Waals surface area contributed by atoms with Gasteiger partial charge in [-0.15, -0.1) is 0 Å². The molecule has 0 amide bonds. The van der Waals surface area contributed by atoms with Crippen molar-refractivity contribution in [1.82, 2.24) is 9.97 Å². The molecule has 2 aromatic rings. The molecule has 1 aromatic heterocycles. The van der Waals surface area contributed by atoms with E-state index in [0.29, 0.717) is 32.7 Å². The molecule has 0 unspecified atom stereocenters. The van der Waals surface area contributed by atoms with Gasteiger partial charge in [0, 0.05) is 27.7 Å². The minimum atomic E-state index is -0.150. The van der Waals surface area contributed by atoms with Crippen molar-refractivity contribution < 1.29 is 0 Å². The van der Waals surface area contributed by atoms with Crippen molar-refractivity contribution in [2.45, 2.75) is 44.9 Å². The number of H-pyrrole nitrogens is 2. The number of halogens is 2. The quantitative estimate of drug-likeness (QED) is 0.676. The summed E-state index contributed by atoms with van der Waals surface area (Å²) in [7, 11) is 0. The average molecular weight is 383 g/mol. The molecule has 3 rings (SSSR count). The topological polar surface area (TPSA) is 48.6 Å². The van der Waals surface area contributed by atoms with Gasteiger partial charge in [0.05, 0.1) is 0 Å². The summed E-state index contributed by atoms with van der Waals surface area (Å²) in [5.41, 5.74) is 2.27. The summed E-state index contributed by atoms with van der Waals surface area (Å²) in [4.78, 5) is 18.5. The zero-order valence-electron chi connectivity index (χ0n) is 13.5. The molecule has 3 nitrogen and oxygen atoms in total. The van der Waals surface area contributed by atoms with E-state index < -0.39 is 0 Å². The molecule has 0 radical (unpaired) electrons. The molecule has 0 spiro atoms. The van der Waals surface area contributed by atoms with Crippen molar-refractivity contribution in [3.63, 3.8) is 0 Å². The molecule has 24 heavy (non-hydrogen) atoms. The highest BCUT2D eigenvalue weighted by molar-refractivity contribution is 7.71. The molecule has 1 heterocycles. The van der Waals surface area contributed by atoms with Gasteiger partial charge in [-0.1, -0.05) is 49.0 Å². The number of benzene rings is 1. The van der Waals surface area contributed by atoms with Gasteiger partial charge in [-0.25, -0.2) is 0 Å². The van der Waals surface area contributed by atoms with E-state index >= 15 is 0 Å². The Kier molecular flexibility index (Phi) is 5.48. The van der Waals surface area contributed by atoms with E-state index in [1.54, 1.807) is 18.2 Å². The fourth-order valence-electron chi connectivity index (χ4n) is 3.48. The fourth-order valence-corrected chi connectivity index (χ4v) is 4.21. The van der Waals surface area contributed by atoms with Crippen LogP contribution in [-0.2, 0) is 6.42 Å². The Balaban J connectivity index is 2.04. The molecular formula is C18H20Cl2N2OS. The van der Waals surface area contributed by atoms with Crippen LogP contribution in [0.5, 0.6) is 0 Å². The predicted octanol–water partition coefficient (Wildman–Crippen LogP) is 5.62. The maximum Gasteiger partial charge on any atom is 0.255 e. The van der Waals surface area contributed by atoms with Gasteiger partial charge >= 0.3 is 0 Å². The largest absolute Gasteiger partial charge is 0.335 e. The van der Waals surface area contributed by atoms with Crippen molar-refractivity contribution in [2.75, 3.05) is 0 Å². The maximum absolute atomic E-state index is 12.6. The molecule has 2 N–H and O–H groups in total.